The topological polar surface area (TPSA) is 149 Å². The number of hydrogen-bond donors (Lipinski definition) is 6. The van der Waals surface area contributed by atoms with E-state index in [9.17, 15) is 30.3 Å². The molecule has 6 N–H and O–H groups in total. The molecule has 1 fully saturated rings. The van der Waals surface area contributed by atoms with E-state index in [2.05, 4.69) is 19.2 Å². The van der Waals surface area contributed by atoms with Crippen LogP contribution in [-0.2, 0) is 14.3 Å². The molecule has 1 aliphatic rings. The maximum absolute atomic E-state index is 13.0. The van der Waals surface area contributed by atoms with Gasteiger partial charge in [-0.05, 0) is 12.8 Å². The van der Waals surface area contributed by atoms with Gasteiger partial charge >= 0.3 is 0 Å². The zero-order valence-corrected chi connectivity index (χ0v) is 40.2. The van der Waals surface area contributed by atoms with Gasteiger partial charge in [0.1, 0.15) is 24.4 Å². The minimum Gasteiger partial charge on any atom is -0.394 e. The lowest BCUT2D eigenvalue weighted by molar-refractivity contribution is -0.302. The summed E-state index contributed by atoms with van der Waals surface area (Å²) in [4.78, 5) is 13.0. The largest absolute Gasteiger partial charge is 0.394 e. The van der Waals surface area contributed by atoms with Gasteiger partial charge in [0, 0.05) is 6.42 Å². The quantitative estimate of drug-likeness (QED) is 0.0331. The fourth-order valence-electron chi connectivity index (χ4n) is 8.93. The second kappa shape index (κ2) is 43.1. The van der Waals surface area contributed by atoms with Gasteiger partial charge in [0.15, 0.2) is 6.29 Å². The highest BCUT2D eigenvalue weighted by molar-refractivity contribution is 5.76. The molecule has 0 aliphatic carbocycles. The molecule has 1 heterocycles. The van der Waals surface area contributed by atoms with Crippen LogP contribution in [0.1, 0.15) is 271 Å². The molecule has 1 rings (SSSR count). The summed E-state index contributed by atoms with van der Waals surface area (Å²) < 4.78 is 11.3. The zero-order chi connectivity index (χ0) is 44.4. The Morgan fingerprint density at radius 2 is 0.820 bits per heavy atom. The Morgan fingerprint density at radius 1 is 0.492 bits per heavy atom. The monoisotopic (exact) mass is 870 g/mol. The summed E-state index contributed by atoms with van der Waals surface area (Å²) in [5.41, 5.74) is 0. The Kier molecular flexibility index (Phi) is 41.1. The van der Waals surface area contributed by atoms with E-state index >= 15 is 0 Å². The van der Waals surface area contributed by atoms with Crippen LogP contribution in [0.25, 0.3) is 0 Å². The van der Waals surface area contributed by atoms with E-state index in [1.165, 1.54) is 205 Å². The number of aliphatic hydroxyl groups excluding tert-OH is 5. The molecule has 0 aromatic rings. The van der Waals surface area contributed by atoms with Crippen molar-refractivity contribution >= 4 is 5.91 Å². The molecule has 0 saturated carbocycles. The van der Waals surface area contributed by atoms with Crippen molar-refractivity contribution in [3.8, 4) is 0 Å². The Bertz CT molecular complexity index is 924. The first kappa shape index (κ1) is 58.2. The van der Waals surface area contributed by atoms with E-state index in [4.69, 9.17) is 9.47 Å². The lowest BCUT2D eigenvalue weighted by atomic mass is 9.99. The number of aliphatic hydroxyl groups is 5. The number of rotatable bonds is 46. The average molecular weight is 870 g/mol. The highest BCUT2D eigenvalue weighted by Gasteiger charge is 2.44. The van der Waals surface area contributed by atoms with Crippen LogP contribution in [0.5, 0.6) is 0 Å². The van der Waals surface area contributed by atoms with Crippen molar-refractivity contribution in [3.63, 3.8) is 0 Å². The van der Waals surface area contributed by atoms with Crippen molar-refractivity contribution in [2.45, 2.75) is 314 Å². The molecule has 0 bridgehead atoms. The number of nitrogens with one attached hydrogen (secondary N) is 1. The van der Waals surface area contributed by atoms with Crippen LogP contribution in [0.2, 0.25) is 0 Å². The lowest BCUT2D eigenvalue weighted by Crippen LogP contribution is -2.60. The summed E-state index contributed by atoms with van der Waals surface area (Å²) in [5, 5.41) is 54.4. The minimum absolute atomic E-state index is 0.132. The first-order valence-electron chi connectivity index (χ1n) is 26.7. The van der Waals surface area contributed by atoms with Gasteiger partial charge in [-0.25, -0.2) is 0 Å². The molecule has 1 aliphatic heterocycles. The highest BCUT2D eigenvalue weighted by Crippen LogP contribution is 2.23. The third-order valence-corrected chi connectivity index (χ3v) is 13.2. The zero-order valence-electron chi connectivity index (χ0n) is 40.2. The van der Waals surface area contributed by atoms with Gasteiger partial charge in [-0.3, -0.25) is 4.79 Å². The highest BCUT2D eigenvalue weighted by atomic mass is 16.7. The number of ether oxygens (including phenoxy) is 2. The maximum atomic E-state index is 13.0. The minimum atomic E-state index is -1.55. The second-order valence-electron chi connectivity index (χ2n) is 19.0. The third-order valence-electron chi connectivity index (χ3n) is 13.2. The van der Waals surface area contributed by atoms with E-state index in [0.29, 0.717) is 12.8 Å². The number of hydrogen-bond acceptors (Lipinski definition) is 8. The van der Waals surface area contributed by atoms with Gasteiger partial charge in [0.05, 0.1) is 25.4 Å². The van der Waals surface area contributed by atoms with Crippen molar-refractivity contribution < 1.29 is 39.8 Å². The van der Waals surface area contributed by atoms with Gasteiger partial charge < -0.3 is 40.3 Å². The number of carbonyl (C=O) groups is 1. The number of unbranched alkanes of at least 4 members (excludes halogenated alkanes) is 36. The predicted molar refractivity (Wildman–Crippen MR) is 254 cm³/mol. The van der Waals surface area contributed by atoms with Gasteiger partial charge in [-0.2, -0.15) is 0 Å². The Balaban J connectivity index is 2.13. The Labute approximate surface area is 376 Å². The third kappa shape index (κ3) is 33.3. The number of carbonyl (C=O) groups excluding carboxylic acids is 1. The normalized spacial score (nSPS) is 20.3. The van der Waals surface area contributed by atoms with Crippen LogP contribution in [0, 0.1) is 0 Å². The molecule has 0 spiro atoms. The van der Waals surface area contributed by atoms with Crippen LogP contribution in [0.15, 0.2) is 0 Å². The van der Waals surface area contributed by atoms with Crippen molar-refractivity contribution in [3.05, 3.63) is 0 Å². The van der Waals surface area contributed by atoms with Crippen molar-refractivity contribution in [1.82, 2.24) is 5.32 Å². The van der Waals surface area contributed by atoms with Crippen molar-refractivity contribution in [1.29, 1.82) is 0 Å². The molecule has 7 atom stereocenters. The maximum Gasteiger partial charge on any atom is 0.220 e. The standard InChI is InChI=1S/C52H103NO8/c1-3-5-7-9-11-13-15-16-17-18-19-20-21-22-23-24-25-26-27-28-29-30-32-34-36-38-40-42-48(56)53-45(44-60-52-51(59)50(58)49(57)47(43-54)61-52)46(55)41-39-37-35-33-31-14-12-10-8-6-4-2/h45-47,49-52,54-55,57-59H,3-44H2,1-2H3,(H,53,56)/t45-,46+,47+,49+,50?,51?,52+/m0/s1. The summed E-state index contributed by atoms with van der Waals surface area (Å²) in [6.07, 6.45) is 42.8. The first-order chi connectivity index (χ1) is 29.8. The second-order valence-corrected chi connectivity index (χ2v) is 19.0. The van der Waals surface area contributed by atoms with Crippen LogP contribution >= 0.6 is 0 Å². The predicted octanol–water partition coefficient (Wildman–Crippen LogP) is 12.3. The Morgan fingerprint density at radius 3 is 1.16 bits per heavy atom. The SMILES string of the molecule is CCCCCCCCCCCCCCCCCCCCCCCCCCCCCC(=O)N[C@@H](CO[C@@H]1O[C@H](CO)[C@@H](O)C(O)C1O)[C@H](O)CCCCCCCCCCCCC. The van der Waals surface area contributed by atoms with E-state index in [1.807, 2.05) is 0 Å². The molecule has 1 amide bonds. The molecule has 1 saturated heterocycles. The van der Waals surface area contributed by atoms with E-state index in [0.717, 1.165) is 38.5 Å². The molecular weight excluding hydrogens is 767 g/mol. The molecule has 0 aromatic heterocycles. The summed E-state index contributed by atoms with van der Waals surface area (Å²) in [6, 6.07) is -0.711. The molecule has 0 aromatic carbocycles. The summed E-state index contributed by atoms with van der Waals surface area (Å²) in [6.45, 7) is 3.85. The van der Waals surface area contributed by atoms with Gasteiger partial charge in [-0.15, -0.1) is 0 Å². The van der Waals surface area contributed by atoms with Crippen LogP contribution in [-0.4, -0.2) is 87.5 Å². The van der Waals surface area contributed by atoms with Crippen molar-refractivity contribution in [2.75, 3.05) is 13.2 Å². The first-order valence-corrected chi connectivity index (χ1v) is 26.7. The molecule has 2 unspecified atom stereocenters. The smallest absolute Gasteiger partial charge is 0.220 e. The Hall–Kier alpha value is -0.810. The van der Waals surface area contributed by atoms with Crippen LogP contribution in [0.3, 0.4) is 0 Å². The van der Waals surface area contributed by atoms with Gasteiger partial charge in [-0.1, -0.05) is 251 Å². The van der Waals surface area contributed by atoms with Crippen LogP contribution in [0.4, 0.5) is 0 Å². The molecular formula is C52H103NO8. The molecule has 61 heavy (non-hydrogen) atoms. The fourth-order valence-corrected chi connectivity index (χ4v) is 8.93. The average Bonchev–Trinajstić information content (AvgIpc) is 3.26. The van der Waals surface area contributed by atoms with E-state index in [-0.39, 0.29) is 12.5 Å². The summed E-state index contributed by atoms with van der Waals surface area (Å²) in [5.74, 6) is -0.139. The van der Waals surface area contributed by atoms with E-state index < -0.39 is 49.5 Å². The van der Waals surface area contributed by atoms with Gasteiger partial charge in [0.25, 0.3) is 0 Å². The van der Waals surface area contributed by atoms with Crippen molar-refractivity contribution in [2.24, 2.45) is 0 Å². The summed E-state index contributed by atoms with van der Waals surface area (Å²) in [7, 11) is 0. The molecule has 0 radical (unpaired) electrons. The summed E-state index contributed by atoms with van der Waals surface area (Å²) >= 11 is 0. The number of amides is 1. The molecule has 9 nitrogen and oxygen atoms in total. The molecule has 364 valence electrons. The molecule has 9 heteroatoms. The lowest BCUT2D eigenvalue weighted by Gasteiger charge is -2.40. The van der Waals surface area contributed by atoms with Gasteiger partial charge in [0.2, 0.25) is 5.91 Å². The fraction of sp³-hybridized carbons (Fsp3) is 0.981. The van der Waals surface area contributed by atoms with E-state index in [1.54, 1.807) is 0 Å². The van der Waals surface area contributed by atoms with Crippen LogP contribution < -0.4 is 5.32 Å².